The molecule has 3 heteroatoms. The van der Waals surface area contributed by atoms with E-state index in [1.54, 1.807) is 23.1 Å². The van der Waals surface area contributed by atoms with Gasteiger partial charge in [-0.15, -0.1) is 23.1 Å². The summed E-state index contributed by atoms with van der Waals surface area (Å²) >= 11 is 3.51. The lowest BCUT2D eigenvalue weighted by Gasteiger charge is -1.96. The van der Waals surface area contributed by atoms with Crippen LogP contribution in [0.5, 0.6) is 0 Å². The fraction of sp³-hybridized carbons (Fsp3) is 0.100. The fourth-order valence-corrected chi connectivity index (χ4v) is 2.48. The number of thiazole rings is 1. The van der Waals surface area contributed by atoms with Crippen LogP contribution in [0.15, 0.2) is 40.7 Å². The van der Waals surface area contributed by atoms with E-state index in [2.05, 4.69) is 23.2 Å². The van der Waals surface area contributed by atoms with E-state index in [1.807, 2.05) is 23.7 Å². The first-order chi connectivity index (χ1) is 6.45. The number of aromatic nitrogens is 1. The van der Waals surface area contributed by atoms with Crippen LogP contribution in [0, 0.1) is 6.07 Å². The molecule has 0 bridgehead atoms. The van der Waals surface area contributed by atoms with Gasteiger partial charge in [-0.3, -0.25) is 0 Å². The zero-order valence-corrected chi connectivity index (χ0v) is 8.57. The van der Waals surface area contributed by atoms with Crippen molar-refractivity contribution in [3.63, 3.8) is 0 Å². The summed E-state index contributed by atoms with van der Waals surface area (Å²) in [6.45, 7) is 0. The van der Waals surface area contributed by atoms with Crippen LogP contribution in [-0.2, 0) is 5.75 Å². The number of rotatable bonds is 3. The van der Waals surface area contributed by atoms with Crippen LogP contribution in [0.4, 0.5) is 0 Å². The van der Waals surface area contributed by atoms with Crippen molar-refractivity contribution in [2.24, 2.45) is 0 Å². The van der Waals surface area contributed by atoms with Crippen LogP contribution in [-0.4, -0.2) is 4.98 Å². The topological polar surface area (TPSA) is 12.9 Å². The molecule has 0 amide bonds. The highest BCUT2D eigenvalue weighted by Gasteiger charge is 1.96. The first kappa shape index (κ1) is 8.78. The third-order valence-electron chi connectivity index (χ3n) is 1.53. The molecule has 1 radical (unpaired) electrons. The van der Waals surface area contributed by atoms with E-state index in [4.69, 9.17) is 0 Å². The Balaban J connectivity index is 1.94. The van der Waals surface area contributed by atoms with Crippen LogP contribution in [0.1, 0.15) is 5.01 Å². The van der Waals surface area contributed by atoms with E-state index in [9.17, 15) is 0 Å². The van der Waals surface area contributed by atoms with Crippen molar-refractivity contribution in [2.45, 2.75) is 10.6 Å². The lowest BCUT2D eigenvalue weighted by Crippen LogP contribution is -1.76. The van der Waals surface area contributed by atoms with Crippen molar-refractivity contribution >= 4 is 23.1 Å². The monoisotopic (exact) mass is 206 g/mol. The van der Waals surface area contributed by atoms with Gasteiger partial charge in [0.25, 0.3) is 0 Å². The molecule has 1 heterocycles. The smallest absolute Gasteiger partial charge is 0.103 e. The Labute approximate surface area is 85.8 Å². The largest absolute Gasteiger partial charge is 0.249 e. The highest BCUT2D eigenvalue weighted by atomic mass is 32.2. The SMILES string of the molecule is [c]1ccc(SCc2nccs2)cc1. The number of benzene rings is 1. The Bertz CT molecular complexity index is 342. The Morgan fingerprint density at radius 1 is 1.38 bits per heavy atom. The first-order valence-electron chi connectivity index (χ1n) is 3.92. The molecule has 1 aromatic heterocycles. The Morgan fingerprint density at radius 3 is 2.92 bits per heavy atom. The summed E-state index contributed by atoms with van der Waals surface area (Å²) < 4.78 is 0. The van der Waals surface area contributed by atoms with Crippen molar-refractivity contribution in [3.05, 3.63) is 46.9 Å². The van der Waals surface area contributed by atoms with Crippen LogP contribution >= 0.6 is 23.1 Å². The van der Waals surface area contributed by atoms with Crippen LogP contribution in [0.2, 0.25) is 0 Å². The minimum absolute atomic E-state index is 0.960. The lowest BCUT2D eigenvalue weighted by atomic mass is 10.4. The summed E-state index contributed by atoms with van der Waals surface area (Å²) in [6, 6.07) is 11.0. The molecule has 0 spiro atoms. The van der Waals surface area contributed by atoms with E-state index in [0.29, 0.717) is 0 Å². The van der Waals surface area contributed by atoms with E-state index in [-0.39, 0.29) is 0 Å². The molecule has 13 heavy (non-hydrogen) atoms. The third-order valence-corrected chi connectivity index (χ3v) is 3.52. The molecule has 0 saturated heterocycles. The van der Waals surface area contributed by atoms with Gasteiger partial charge in [-0.2, -0.15) is 0 Å². The summed E-state index contributed by atoms with van der Waals surface area (Å²) in [4.78, 5) is 5.49. The first-order valence-corrected chi connectivity index (χ1v) is 5.79. The van der Waals surface area contributed by atoms with Gasteiger partial charge in [0.1, 0.15) is 5.01 Å². The quantitative estimate of drug-likeness (QED) is 0.715. The van der Waals surface area contributed by atoms with Crippen molar-refractivity contribution in [1.82, 2.24) is 4.98 Å². The minimum atomic E-state index is 0.960. The molecule has 1 aromatic carbocycles. The molecule has 0 N–H and O–H groups in total. The maximum Gasteiger partial charge on any atom is 0.103 e. The predicted molar refractivity (Wildman–Crippen MR) is 57.0 cm³/mol. The average Bonchev–Trinajstić information content (AvgIpc) is 2.69. The van der Waals surface area contributed by atoms with E-state index in [1.165, 1.54) is 9.90 Å². The standard InChI is InChI=1S/C10H8NS2/c1-2-4-9(5-3-1)13-8-10-11-6-7-12-10/h2-7H,8H2. The Morgan fingerprint density at radius 2 is 2.23 bits per heavy atom. The third kappa shape index (κ3) is 2.57. The van der Waals surface area contributed by atoms with E-state index < -0.39 is 0 Å². The van der Waals surface area contributed by atoms with Gasteiger partial charge in [-0.1, -0.05) is 12.1 Å². The van der Waals surface area contributed by atoms with Crippen molar-refractivity contribution in [2.75, 3.05) is 0 Å². The molecule has 2 rings (SSSR count). The highest BCUT2D eigenvalue weighted by Crippen LogP contribution is 2.22. The van der Waals surface area contributed by atoms with Gasteiger partial charge in [-0.25, -0.2) is 4.98 Å². The molecular formula is C10H8NS2. The molecule has 0 aliphatic rings. The fourth-order valence-electron chi connectivity index (χ4n) is 0.937. The summed E-state index contributed by atoms with van der Waals surface area (Å²) in [6.07, 6.45) is 1.85. The normalized spacial score (nSPS) is 10.2. The van der Waals surface area contributed by atoms with Crippen LogP contribution in [0.3, 0.4) is 0 Å². The average molecular weight is 206 g/mol. The predicted octanol–water partition coefficient (Wildman–Crippen LogP) is 3.24. The van der Waals surface area contributed by atoms with Crippen molar-refractivity contribution < 1.29 is 0 Å². The van der Waals surface area contributed by atoms with Gasteiger partial charge in [-0.05, 0) is 18.2 Å². The number of hydrogen-bond acceptors (Lipinski definition) is 3. The summed E-state index contributed by atoms with van der Waals surface area (Å²) in [5, 5.41) is 3.19. The number of nitrogens with zero attached hydrogens (tertiary/aromatic N) is 1. The van der Waals surface area contributed by atoms with Gasteiger partial charge >= 0.3 is 0 Å². The van der Waals surface area contributed by atoms with Gasteiger partial charge in [0.15, 0.2) is 0 Å². The minimum Gasteiger partial charge on any atom is -0.249 e. The molecule has 0 aliphatic carbocycles. The Kier molecular flexibility index (Phi) is 3.00. The summed E-state index contributed by atoms with van der Waals surface area (Å²) in [5.41, 5.74) is 0. The number of hydrogen-bond donors (Lipinski definition) is 0. The lowest BCUT2D eigenvalue weighted by molar-refractivity contribution is 1.26. The summed E-state index contributed by atoms with van der Waals surface area (Å²) in [7, 11) is 0. The van der Waals surface area contributed by atoms with Crippen LogP contribution in [0.25, 0.3) is 0 Å². The molecule has 2 aromatic rings. The Hall–Kier alpha value is -0.800. The zero-order chi connectivity index (χ0) is 8.93. The maximum atomic E-state index is 4.22. The van der Waals surface area contributed by atoms with E-state index in [0.717, 1.165) is 5.75 Å². The summed E-state index contributed by atoms with van der Waals surface area (Å²) in [5.74, 6) is 0.960. The van der Waals surface area contributed by atoms with Crippen molar-refractivity contribution in [1.29, 1.82) is 0 Å². The zero-order valence-electron chi connectivity index (χ0n) is 6.93. The van der Waals surface area contributed by atoms with Gasteiger partial charge in [0, 0.05) is 16.5 Å². The second kappa shape index (κ2) is 4.44. The molecule has 65 valence electrons. The van der Waals surface area contributed by atoms with Gasteiger partial charge in [0.05, 0.1) is 5.75 Å². The highest BCUT2D eigenvalue weighted by molar-refractivity contribution is 7.98. The maximum absolute atomic E-state index is 4.22. The van der Waals surface area contributed by atoms with Gasteiger partial charge < -0.3 is 0 Å². The molecule has 0 aliphatic heterocycles. The number of thioether (sulfide) groups is 1. The molecular weight excluding hydrogens is 198 g/mol. The molecule has 0 unspecified atom stereocenters. The van der Waals surface area contributed by atoms with Crippen molar-refractivity contribution in [3.8, 4) is 0 Å². The molecule has 0 saturated carbocycles. The van der Waals surface area contributed by atoms with E-state index >= 15 is 0 Å². The second-order valence-corrected chi connectivity index (χ2v) is 4.48. The molecule has 0 fully saturated rings. The van der Waals surface area contributed by atoms with Crippen LogP contribution < -0.4 is 0 Å². The molecule has 0 atom stereocenters. The molecule has 1 nitrogen and oxygen atoms in total. The second-order valence-electron chi connectivity index (χ2n) is 2.45. The van der Waals surface area contributed by atoms with Gasteiger partial charge in [0.2, 0.25) is 0 Å².